The van der Waals surface area contributed by atoms with Crippen molar-refractivity contribution in [2.24, 2.45) is 16.7 Å². The van der Waals surface area contributed by atoms with Gasteiger partial charge in [0.15, 0.2) is 11.6 Å². The van der Waals surface area contributed by atoms with Crippen molar-refractivity contribution in [3.8, 4) is 0 Å². The lowest BCUT2D eigenvalue weighted by Crippen LogP contribution is -2.49. The van der Waals surface area contributed by atoms with E-state index in [9.17, 15) is 9.59 Å². The largest absolute Gasteiger partial charge is 0.378 e. The number of hydrogen-bond acceptors (Lipinski definition) is 3. The molecule has 23 heavy (non-hydrogen) atoms. The van der Waals surface area contributed by atoms with Crippen LogP contribution in [0, 0.1) is 16.7 Å². The zero-order valence-electron chi connectivity index (χ0n) is 14.6. The Morgan fingerprint density at radius 3 is 2.26 bits per heavy atom. The van der Waals surface area contributed by atoms with Crippen LogP contribution in [0.25, 0.3) is 6.08 Å². The molecule has 0 radical (unpaired) electrons. The third-order valence-electron chi connectivity index (χ3n) is 6.27. The van der Waals surface area contributed by atoms with Crippen LogP contribution in [0.15, 0.2) is 29.8 Å². The molecule has 2 bridgehead atoms. The van der Waals surface area contributed by atoms with Gasteiger partial charge in [-0.3, -0.25) is 9.59 Å². The predicted molar refractivity (Wildman–Crippen MR) is 93.4 cm³/mol. The summed E-state index contributed by atoms with van der Waals surface area (Å²) >= 11 is 0. The van der Waals surface area contributed by atoms with Gasteiger partial charge >= 0.3 is 0 Å². The molecule has 2 fully saturated rings. The van der Waals surface area contributed by atoms with Gasteiger partial charge < -0.3 is 4.90 Å². The number of carbonyl (C=O) groups is 2. The summed E-state index contributed by atoms with van der Waals surface area (Å²) < 4.78 is 0. The van der Waals surface area contributed by atoms with E-state index >= 15 is 0 Å². The summed E-state index contributed by atoms with van der Waals surface area (Å²) in [6, 6.07) is 7.94. The van der Waals surface area contributed by atoms with Gasteiger partial charge in [-0.15, -0.1) is 0 Å². The van der Waals surface area contributed by atoms with Crippen LogP contribution >= 0.6 is 0 Å². The van der Waals surface area contributed by atoms with E-state index in [4.69, 9.17) is 0 Å². The van der Waals surface area contributed by atoms with E-state index in [1.54, 1.807) is 6.08 Å². The van der Waals surface area contributed by atoms with E-state index in [-0.39, 0.29) is 22.9 Å². The molecule has 0 saturated heterocycles. The minimum atomic E-state index is -0.416. The van der Waals surface area contributed by atoms with E-state index in [0.717, 1.165) is 24.1 Å². The number of Topliss-reactive ketones (excluding diaryl/α,β-unsaturated/α-hetero) is 2. The molecule has 3 nitrogen and oxygen atoms in total. The minimum Gasteiger partial charge on any atom is -0.378 e. The van der Waals surface area contributed by atoms with Gasteiger partial charge in [-0.1, -0.05) is 32.9 Å². The van der Waals surface area contributed by atoms with Crippen LogP contribution in [0.3, 0.4) is 0 Å². The van der Waals surface area contributed by atoms with Crippen molar-refractivity contribution in [1.29, 1.82) is 0 Å². The fraction of sp³-hybridized carbons (Fsp3) is 0.500. The van der Waals surface area contributed by atoms with Gasteiger partial charge in [-0.05, 0) is 42.0 Å². The van der Waals surface area contributed by atoms with Crippen molar-refractivity contribution >= 4 is 23.3 Å². The topological polar surface area (TPSA) is 37.4 Å². The predicted octanol–water partition coefficient (Wildman–Crippen LogP) is 3.73. The van der Waals surface area contributed by atoms with Crippen LogP contribution in [0.2, 0.25) is 0 Å². The molecule has 2 atom stereocenters. The van der Waals surface area contributed by atoms with Crippen molar-refractivity contribution in [1.82, 2.24) is 0 Å². The average molecular weight is 311 g/mol. The van der Waals surface area contributed by atoms with Crippen LogP contribution in [-0.2, 0) is 9.59 Å². The van der Waals surface area contributed by atoms with Gasteiger partial charge in [0.25, 0.3) is 0 Å². The van der Waals surface area contributed by atoms with Gasteiger partial charge in [0.1, 0.15) is 0 Å². The van der Waals surface area contributed by atoms with Crippen LogP contribution in [-0.4, -0.2) is 25.7 Å². The third kappa shape index (κ3) is 2.17. The number of anilines is 1. The number of fused-ring (bicyclic) bond motifs is 2. The summed E-state index contributed by atoms with van der Waals surface area (Å²) in [6.07, 6.45) is 3.42. The third-order valence-corrected chi connectivity index (χ3v) is 6.27. The first-order valence-electron chi connectivity index (χ1n) is 8.26. The molecule has 2 aliphatic carbocycles. The Labute approximate surface area is 138 Å². The van der Waals surface area contributed by atoms with Crippen LogP contribution in [0.5, 0.6) is 0 Å². The molecule has 0 spiro atoms. The Kier molecular flexibility index (Phi) is 3.51. The van der Waals surface area contributed by atoms with Crippen molar-refractivity contribution < 1.29 is 9.59 Å². The highest BCUT2D eigenvalue weighted by Crippen LogP contribution is 2.61. The van der Waals surface area contributed by atoms with Crippen molar-refractivity contribution in [2.75, 3.05) is 19.0 Å². The van der Waals surface area contributed by atoms with E-state index in [0.29, 0.717) is 5.57 Å². The first kappa shape index (κ1) is 16.0. The maximum absolute atomic E-state index is 13.0. The SMILES string of the molecule is CN(C)c1ccc(/C=C2\C(=O)C3CCC(C)(C2=O)C3(C)C)cc1. The molecule has 2 saturated carbocycles. The molecule has 2 unspecified atom stereocenters. The maximum atomic E-state index is 13.0. The van der Waals surface area contributed by atoms with Crippen molar-refractivity contribution in [2.45, 2.75) is 33.6 Å². The molecule has 0 heterocycles. The second-order valence-corrected chi connectivity index (χ2v) is 7.88. The highest BCUT2D eigenvalue weighted by atomic mass is 16.2. The van der Waals surface area contributed by atoms with E-state index in [2.05, 4.69) is 13.8 Å². The molecule has 1 aromatic rings. The van der Waals surface area contributed by atoms with E-state index in [1.165, 1.54) is 0 Å². The fourth-order valence-electron chi connectivity index (χ4n) is 4.13. The lowest BCUT2D eigenvalue weighted by Gasteiger charge is -2.44. The molecule has 0 aliphatic heterocycles. The molecule has 0 N–H and O–H groups in total. The summed E-state index contributed by atoms with van der Waals surface area (Å²) in [7, 11) is 3.98. The molecular formula is C20H25NO2. The molecule has 122 valence electrons. The van der Waals surface area contributed by atoms with Gasteiger partial charge in [0.2, 0.25) is 0 Å². The molecule has 0 amide bonds. The average Bonchev–Trinajstić information content (AvgIpc) is 2.69. The molecular weight excluding hydrogens is 286 g/mol. The summed E-state index contributed by atoms with van der Waals surface area (Å²) in [5.41, 5.74) is 1.75. The summed E-state index contributed by atoms with van der Waals surface area (Å²) in [6.45, 7) is 6.18. The molecule has 3 rings (SSSR count). The minimum absolute atomic E-state index is 0.0259. The molecule has 0 aromatic heterocycles. The Bertz CT molecular complexity index is 697. The lowest BCUT2D eigenvalue weighted by atomic mass is 9.57. The Hall–Kier alpha value is -1.90. The quantitative estimate of drug-likeness (QED) is 0.617. The zero-order chi connectivity index (χ0) is 17.0. The van der Waals surface area contributed by atoms with Gasteiger partial charge in [-0.25, -0.2) is 0 Å². The fourth-order valence-corrected chi connectivity index (χ4v) is 4.13. The second kappa shape index (κ2) is 5.05. The van der Waals surface area contributed by atoms with Gasteiger partial charge in [0, 0.05) is 31.1 Å². The summed E-state index contributed by atoms with van der Waals surface area (Å²) in [5.74, 6) is 0.0297. The van der Waals surface area contributed by atoms with Crippen molar-refractivity contribution in [3.63, 3.8) is 0 Å². The second-order valence-electron chi connectivity index (χ2n) is 7.88. The number of allylic oxidation sites excluding steroid dienone is 1. The van der Waals surface area contributed by atoms with E-state index < -0.39 is 5.41 Å². The lowest BCUT2D eigenvalue weighted by molar-refractivity contribution is -0.139. The highest BCUT2D eigenvalue weighted by Gasteiger charge is 2.62. The summed E-state index contributed by atoms with van der Waals surface area (Å²) in [4.78, 5) is 27.9. The number of nitrogens with zero attached hydrogens (tertiary/aromatic N) is 1. The standard InChI is InChI=1S/C20H25NO2/c1-19(2)16-10-11-20(19,3)18(23)15(17(16)22)12-13-6-8-14(9-7-13)21(4)5/h6-9,12,16H,10-11H2,1-5H3/b15-12+. The first-order valence-corrected chi connectivity index (χ1v) is 8.26. The van der Waals surface area contributed by atoms with Gasteiger partial charge in [-0.2, -0.15) is 0 Å². The first-order chi connectivity index (χ1) is 10.7. The van der Waals surface area contributed by atoms with E-state index in [1.807, 2.05) is 50.2 Å². The normalized spacial score (nSPS) is 30.8. The number of carbonyl (C=O) groups excluding carboxylic acids is 2. The molecule has 3 heteroatoms. The Morgan fingerprint density at radius 2 is 1.70 bits per heavy atom. The highest BCUT2D eigenvalue weighted by molar-refractivity contribution is 6.28. The molecule has 2 aliphatic rings. The molecule has 1 aromatic carbocycles. The van der Waals surface area contributed by atoms with Crippen LogP contribution in [0.1, 0.15) is 39.2 Å². The number of hydrogen-bond donors (Lipinski definition) is 0. The Morgan fingerprint density at radius 1 is 1.09 bits per heavy atom. The van der Waals surface area contributed by atoms with Crippen molar-refractivity contribution in [3.05, 3.63) is 35.4 Å². The monoisotopic (exact) mass is 311 g/mol. The summed E-state index contributed by atoms with van der Waals surface area (Å²) in [5, 5.41) is 0. The number of rotatable bonds is 2. The Balaban J connectivity index is 2.00. The smallest absolute Gasteiger partial charge is 0.172 e. The maximum Gasteiger partial charge on any atom is 0.172 e. The number of benzene rings is 1. The van der Waals surface area contributed by atoms with Gasteiger partial charge in [0.05, 0.1) is 5.57 Å². The van der Waals surface area contributed by atoms with Crippen LogP contribution in [0.4, 0.5) is 5.69 Å². The zero-order valence-corrected chi connectivity index (χ0v) is 14.6. The number of ketones is 2. The van der Waals surface area contributed by atoms with Crippen LogP contribution < -0.4 is 4.90 Å².